The smallest absolute Gasteiger partial charge is 0.339 e. The Morgan fingerprint density at radius 3 is 2.26 bits per heavy atom. The first-order valence-electron chi connectivity index (χ1n) is 10.3. The highest BCUT2D eigenvalue weighted by Gasteiger charge is 2.20. The van der Waals surface area contributed by atoms with Crippen LogP contribution in [0.4, 0.5) is 11.4 Å². The minimum atomic E-state index is -1.22. The van der Waals surface area contributed by atoms with Crippen LogP contribution in [0.2, 0.25) is 5.02 Å². The van der Waals surface area contributed by atoms with Gasteiger partial charge in [0.2, 0.25) is 0 Å². The second-order valence-corrected chi connectivity index (χ2v) is 9.35. The number of aryl methyl sites for hydroxylation is 2. The highest BCUT2D eigenvalue weighted by Crippen LogP contribution is 2.37. The molecule has 0 saturated heterocycles. The standard InChI is InChI=1S/C25H19ClIN3O5/c1-12-8-15(6-7-18(12)26)29-24(33)23(32)28-14-5-3-4-13(9-14)22-21(27)16-10-17(25(34)35)20(31)11-19(16)30(22)2/h3-11,31H,1-2H3,(H,28,32)(H,29,33)(H,34,35). The lowest BCUT2D eigenvalue weighted by Gasteiger charge is -2.10. The van der Waals surface area contributed by atoms with Gasteiger partial charge in [0.15, 0.2) is 0 Å². The average Bonchev–Trinajstić information content (AvgIpc) is 3.04. The van der Waals surface area contributed by atoms with E-state index in [0.29, 0.717) is 27.3 Å². The number of hydrogen-bond acceptors (Lipinski definition) is 4. The molecule has 0 saturated carbocycles. The van der Waals surface area contributed by atoms with E-state index in [9.17, 15) is 24.6 Å². The number of carbonyl (C=O) groups is 3. The van der Waals surface area contributed by atoms with Crippen LogP contribution in [-0.4, -0.2) is 32.6 Å². The normalized spacial score (nSPS) is 10.9. The van der Waals surface area contributed by atoms with Gasteiger partial charge < -0.3 is 25.4 Å². The Bertz CT molecular complexity index is 1530. The fraction of sp³-hybridized carbons (Fsp3) is 0.0800. The molecule has 0 unspecified atom stereocenters. The van der Waals surface area contributed by atoms with Gasteiger partial charge in [0.1, 0.15) is 11.3 Å². The monoisotopic (exact) mass is 603 g/mol. The van der Waals surface area contributed by atoms with Crippen molar-refractivity contribution in [1.82, 2.24) is 4.57 Å². The van der Waals surface area contributed by atoms with Gasteiger partial charge in [-0.25, -0.2) is 4.79 Å². The predicted molar refractivity (Wildman–Crippen MR) is 143 cm³/mol. The van der Waals surface area contributed by atoms with Gasteiger partial charge in [-0.05, 0) is 71.5 Å². The molecule has 8 nitrogen and oxygen atoms in total. The maximum atomic E-state index is 12.5. The lowest BCUT2D eigenvalue weighted by Crippen LogP contribution is -2.29. The summed E-state index contributed by atoms with van der Waals surface area (Å²) >= 11 is 8.12. The fourth-order valence-electron chi connectivity index (χ4n) is 3.76. The number of aromatic nitrogens is 1. The Hall–Kier alpha value is -3.57. The van der Waals surface area contributed by atoms with Crippen molar-refractivity contribution in [1.29, 1.82) is 0 Å². The van der Waals surface area contributed by atoms with Crippen LogP contribution in [0.1, 0.15) is 15.9 Å². The van der Waals surface area contributed by atoms with Crippen LogP contribution in [0.3, 0.4) is 0 Å². The summed E-state index contributed by atoms with van der Waals surface area (Å²) in [6.07, 6.45) is 0. The minimum absolute atomic E-state index is 0.185. The van der Waals surface area contributed by atoms with E-state index >= 15 is 0 Å². The summed E-state index contributed by atoms with van der Waals surface area (Å²) in [5.74, 6) is -3.20. The van der Waals surface area contributed by atoms with Crippen molar-refractivity contribution in [2.45, 2.75) is 6.92 Å². The Labute approximate surface area is 218 Å². The first-order valence-corrected chi connectivity index (χ1v) is 11.8. The second kappa shape index (κ2) is 9.59. The molecule has 0 fully saturated rings. The third-order valence-electron chi connectivity index (χ3n) is 5.50. The van der Waals surface area contributed by atoms with Crippen LogP contribution in [0, 0.1) is 10.5 Å². The van der Waals surface area contributed by atoms with Crippen molar-refractivity contribution < 1.29 is 24.6 Å². The molecule has 0 bridgehead atoms. The number of rotatable bonds is 4. The van der Waals surface area contributed by atoms with Crippen LogP contribution >= 0.6 is 34.2 Å². The molecular weight excluding hydrogens is 585 g/mol. The first kappa shape index (κ1) is 24.6. The molecule has 178 valence electrons. The van der Waals surface area contributed by atoms with Gasteiger partial charge >= 0.3 is 17.8 Å². The maximum absolute atomic E-state index is 12.5. The number of benzene rings is 3. The molecule has 3 aromatic carbocycles. The number of carboxylic acids is 1. The summed E-state index contributed by atoms with van der Waals surface area (Å²) in [6, 6.07) is 14.7. The highest BCUT2D eigenvalue weighted by atomic mass is 127. The third kappa shape index (κ3) is 4.82. The van der Waals surface area contributed by atoms with E-state index in [0.717, 1.165) is 20.4 Å². The zero-order valence-electron chi connectivity index (χ0n) is 18.5. The number of halogens is 2. The SMILES string of the molecule is Cc1cc(NC(=O)C(=O)Nc2cccc(-c3c(I)c4cc(C(=O)O)c(O)cc4n3C)c2)ccc1Cl. The first-order chi connectivity index (χ1) is 16.6. The Balaban J connectivity index is 1.61. The number of carboxylic acid groups (broad SMARTS) is 1. The Morgan fingerprint density at radius 2 is 1.63 bits per heavy atom. The Morgan fingerprint density at radius 1 is 0.971 bits per heavy atom. The third-order valence-corrected chi connectivity index (χ3v) is 7.02. The molecule has 1 aromatic heterocycles. The lowest BCUT2D eigenvalue weighted by atomic mass is 10.1. The van der Waals surface area contributed by atoms with Gasteiger partial charge in [-0.1, -0.05) is 23.7 Å². The summed E-state index contributed by atoms with van der Waals surface area (Å²) < 4.78 is 2.61. The van der Waals surface area contributed by atoms with Crippen LogP contribution in [-0.2, 0) is 16.6 Å². The number of hydrogen-bond donors (Lipinski definition) is 4. The molecule has 4 rings (SSSR count). The summed E-state index contributed by atoms with van der Waals surface area (Å²) in [7, 11) is 1.80. The van der Waals surface area contributed by atoms with Crippen molar-refractivity contribution in [2.75, 3.05) is 10.6 Å². The molecule has 0 aliphatic carbocycles. The number of anilines is 2. The number of phenols is 1. The number of nitrogens with zero attached hydrogens (tertiary/aromatic N) is 1. The molecule has 10 heteroatoms. The fourth-order valence-corrected chi connectivity index (χ4v) is 4.98. The molecule has 0 spiro atoms. The van der Waals surface area contributed by atoms with E-state index in [-0.39, 0.29) is 11.3 Å². The molecule has 4 aromatic rings. The number of aromatic carboxylic acids is 1. The molecule has 0 radical (unpaired) electrons. The van der Waals surface area contributed by atoms with Crippen molar-refractivity contribution in [3.63, 3.8) is 0 Å². The predicted octanol–water partition coefficient (Wildman–Crippen LogP) is 5.39. The number of fused-ring (bicyclic) bond motifs is 1. The molecule has 0 atom stereocenters. The van der Waals surface area contributed by atoms with Gasteiger partial charge in [0.25, 0.3) is 0 Å². The minimum Gasteiger partial charge on any atom is -0.507 e. The maximum Gasteiger partial charge on any atom is 0.339 e. The topological polar surface area (TPSA) is 121 Å². The molecule has 4 N–H and O–H groups in total. The lowest BCUT2D eigenvalue weighted by molar-refractivity contribution is -0.132. The molecular formula is C25H19ClIN3O5. The van der Waals surface area contributed by atoms with E-state index < -0.39 is 17.8 Å². The molecule has 35 heavy (non-hydrogen) atoms. The van der Waals surface area contributed by atoms with E-state index in [1.54, 1.807) is 50.4 Å². The average molecular weight is 604 g/mol. The molecule has 0 aliphatic heterocycles. The van der Waals surface area contributed by atoms with Gasteiger partial charge in [-0.2, -0.15) is 0 Å². The van der Waals surface area contributed by atoms with Crippen LogP contribution in [0.5, 0.6) is 5.75 Å². The van der Waals surface area contributed by atoms with Crippen molar-refractivity contribution in [2.24, 2.45) is 7.05 Å². The summed E-state index contributed by atoms with van der Waals surface area (Å²) in [6.45, 7) is 1.79. The summed E-state index contributed by atoms with van der Waals surface area (Å²) in [5.41, 5.74) is 3.59. The van der Waals surface area contributed by atoms with E-state index in [2.05, 4.69) is 33.2 Å². The van der Waals surface area contributed by atoms with Crippen molar-refractivity contribution in [3.05, 3.63) is 74.3 Å². The largest absolute Gasteiger partial charge is 0.507 e. The summed E-state index contributed by atoms with van der Waals surface area (Å²) in [4.78, 5) is 36.3. The van der Waals surface area contributed by atoms with Crippen LogP contribution in [0.25, 0.3) is 22.2 Å². The number of nitrogens with one attached hydrogen (secondary N) is 2. The van der Waals surface area contributed by atoms with Crippen molar-refractivity contribution >= 4 is 74.3 Å². The zero-order valence-corrected chi connectivity index (χ0v) is 21.4. The second-order valence-electron chi connectivity index (χ2n) is 7.87. The van der Waals surface area contributed by atoms with Crippen molar-refractivity contribution in [3.8, 4) is 17.0 Å². The van der Waals surface area contributed by atoms with E-state index in [4.69, 9.17) is 11.6 Å². The molecule has 2 amide bonds. The highest BCUT2D eigenvalue weighted by molar-refractivity contribution is 14.1. The van der Waals surface area contributed by atoms with Gasteiger partial charge in [-0.15, -0.1) is 0 Å². The quantitative estimate of drug-likeness (QED) is 0.184. The Kier molecular flexibility index (Phi) is 6.73. The van der Waals surface area contributed by atoms with Gasteiger partial charge in [0, 0.05) is 44.0 Å². The van der Waals surface area contributed by atoms with Crippen LogP contribution < -0.4 is 10.6 Å². The number of amides is 2. The van der Waals surface area contributed by atoms with E-state index in [1.807, 2.05) is 10.6 Å². The summed E-state index contributed by atoms with van der Waals surface area (Å²) in [5, 5.41) is 25.8. The zero-order chi connectivity index (χ0) is 25.4. The number of carbonyl (C=O) groups excluding carboxylic acids is 2. The molecule has 1 heterocycles. The van der Waals surface area contributed by atoms with Crippen LogP contribution in [0.15, 0.2) is 54.6 Å². The van der Waals surface area contributed by atoms with Gasteiger partial charge in [-0.3, -0.25) is 9.59 Å². The molecule has 0 aliphatic rings. The van der Waals surface area contributed by atoms with Gasteiger partial charge in [0.05, 0.1) is 11.2 Å². The van der Waals surface area contributed by atoms with E-state index in [1.165, 1.54) is 12.1 Å². The number of aromatic hydroxyl groups is 1.